The molecule has 3 heterocycles. The molecule has 0 aromatic carbocycles. The van der Waals surface area contributed by atoms with Crippen LogP contribution in [0.3, 0.4) is 0 Å². The molecule has 7 nitrogen and oxygen atoms in total. The summed E-state index contributed by atoms with van der Waals surface area (Å²) in [5, 5.41) is 3.22. The number of rotatable bonds is 4. The van der Waals surface area contributed by atoms with Crippen molar-refractivity contribution >= 4 is 17.7 Å². The molecule has 1 atom stereocenters. The van der Waals surface area contributed by atoms with Gasteiger partial charge in [0, 0.05) is 48.1 Å². The molecule has 28 heavy (non-hydrogen) atoms. The van der Waals surface area contributed by atoms with Gasteiger partial charge in [-0.05, 0) is 46.1 Å². The predicted octanol–water partition coefficient (Wildman–Crippen LogP) is 3.44. The molecule has 1 aliphatic carbocycles. The standard InChI is InChI=1S/C21H28N6O/c1-13-10-14(2)24-21(23-13)26-18-11-15(3)22-19(25-18)17-8-9-27(12-17)20(28)16-6-4-5-7-16/h10-11,16-17H,4-9,12H2,1-3H3,(H,22,23,24,25,26)/t17-/m0/s1. The number of carbonyl (C=O) groups excluding carboxylic acids is 1. The van der Waals surface area contributed by atoms with Crippen LogP contribution >= 0.6 is 0 Å². The van der Waals surface area contributed by atoms with Gasteiger partial charge in [-0.25, -0.2) is 19.9 Å². The minimum Gasteiger partial charge on any atom is -0.342 e. The van der Waals surface area contributed by atoms with Gasteiger partial charge in [-0.3, -0.25) is 4.79 Å². The largest absolute Gasteiger partial charge is 0.342 e. The lowest BCUT2D eigenvalue weighted by molar-refractivity contribution is -0.134. The van der Waals surface area contributed by atoms with Crippen LogP contribution in [0.15, 0.2) is 12.1 Å². The van der Waals surface area contributed by atoms with Crippen molar-refractivity contribution in [3.8, 4) is 0 Å². The number of likely N-dealkylation sites (tertiary alicyclic amines) is 1. The molecule has 2 fully saturated rings. The lowest BCUT2D eigenvalue weighted by atomic mass is 10.1. The van der Waals surface area contributed by atoms with Gasteiger partial charge in [0.2, 0.25) is 11.9 Å². The summed E-state index contributed by atoms with van der Waals surface area (Å²) < 4.78 is 0. The number of hydrogen-bond donors (Lipinski definition) is 1. The number of aryl methyl sites for hydroxylation is 3. The molecular formula is C21H28N6O. The summed E-state index contributed by atoms with van der Waals surface area (Å²) in [4.78, 5) is 33.0. The number of nitrogens with one attached hydrogen (secondary N) is 1. The highest BCUT2D eigenvalue weighted by Gasteiger charge is 2.34. The van der Waals surface area contributed by atoms with E-state index in [1.165, 1.54) is 12.8 Å². The van der Waals surface area contributed by atoms with Crippen molar-refractivity contribution in [2.45, 2.75) is 58.8 Å². The van der Waals surface area contributed by atoms with Crippen LogP contribution in [0.25, 0.3) is 0 Å². The second-order valence-electron chi connectivity index (χ2n) is 8.10. The molecule has 2 aromatic rings. The van der Waals surface area contributed by atoms with E-state index in [0.717, 1.165) is 55.3 Å². The number of nitrogens with zero attached hydrogens (tertiary/aromatic N) is 5. The third kappa shape index (κ3) is 4.13. The molecule has 4 rings (SSSR count). The van der Waals surface area contributed by atoms with E-state index in [9.17, 15) is 4.79 Å². The van der Waals surface area contributed by atoms with Crippen LogP contribution in [0.4, 0.5) is 11.8 Å². The number of carbonyl (C=O) groups is 1. The first kappa shape index (κ1) is 18.8. The van der Waals surface area contributed by atoms with Crippen LogP contribution in [-0.4, -0.2) is 43.8 Å². The van der Waals surface area contributed by atoms with E-state index < -0.39 is 0 Å². The van der Waals surface area contributed by atoms with Crippen molar-refractivity contribution in [1.82, 2.24) is 24.8 Å². The average molecular weight is 380 g/mol. The molecule has 0 radical (unpaired) electrons. The Balaban J connectivity index is 1.48. The highest BCUT2D eigenvalue weighted by molar-refractivity contribution is 5.79. The van der Waals surface area contributed by atoms with Crippen LogP contribution in [-0.2, 0) is 4.79 Å². The summed E-state index contributed by atoms with van der Waals surface area (Å²) in [6.07, 6.45) is 5.38. The Kier molecular flexibility index (Phi) is 5.24. The van der Waals surface area contributed by atoms with E-state index in [-0.39, 0.29) is 11.8 Å². The van der Waals surface area contributed by atoms with Crippen molar-refractivity contribution in [3.05, 3.63) is 35.0 Å². The lowest BCUT2D eigenvalue weighted by Gasteiger charge is -2.20. The van der Waals surface area contributed by atoms with Crippen LogP contribution < -0.4 is 5.32 Å². The zero-order valence-corrected chi connectivity index (χ0v) is 16.9. The highest BCUT2D eigenvalue weighted by Crippen LogP contribution is 2.31. The van der Waals surface area contributed by atoms with Gasteiger partial charge in [0.15, 0.2) is 0 Å². The molecule has 0 unspecified atom stereocenters. The van der Waals surface area contributed by atoms with Crippen molar-refractivity contribution in [3.63, 3.8) is 0 Å². The summed E-state index contributed by atoms with van der Waals surface area (Å²) >= 11 is 0. The van der Waals surface area contributed by atoms with E-state index in [4.69, 9.17) is 4.98 Å². The summed E-state index contributed by atoms with van der Waals surface area (Å²) in [6.45, 7) is 7.39. The number of hydrogen-bond acceptors (Lipinski definition) is 6. The maximum absolute atomic E-state index is 12.7. The number of anilines is 2. The minimum atomic E-state index is 0.186. The number of amides is 1. The summed E-state index contributed by atoms with van der Waals surface area (Å²) in [6, 6.07) is 3.84. The molecule has 2 aromatic heterocycles. The zero-order chi connectivity index (χ0) is 19.7. The third-order valence-corrected chi connectivity index (χ3v) is 5.66. The van der Waals surface area contributed by atoms with Crippen LogP contribution in [0.2, 0.25) is 0 Å². The Morgan fingerprint density at radius 1 is 0.964 bits per heavy atom. The number of aromatic nitrogens is 4. The molecule has 7 heteroatoms. The molecule has 148 valence electrons. The smallest absolute Gasteiger partial charge is 0.228 e. The van der Waals surface area contributed by atoms with Gasteiger partial charge in [-0.1, -0.05) is 12.8 Å². The molecule has 1 N–H and O–H groups in total. The maximum Gasteiger partial charge on any atom is 0.228 e. The van der Waals surface area contributed by atoms with E-state index in [1.807, 2.05) is 37.8 Å². The van der Waals surface area contributed by atoms with Crippen molar-refractivity contribution in [2.24, 2.45) is 5.92 Å². The van der Waals surface area contributed by atoms with Gasteiger partial charge in [0.25, 0.3) is 0 Å². The van der Waals surface area contributed by atoms with Crippen LogP contribution in [0.1, 0.15) is 60.9 Å². The average Bonchev–Trinajstić information content (AvgIpc) is 3.32. The summed E-state index contributed by atoms with van der Waals surface area (Å²) in [5.74, 6) is 2.80. The molecule has 0 spiro atoms. The molecule has 2 aliphatic rings. The predicted molar refractivity (Wildman–Crippen MR) is 107 cm³/mol. The second-order valence-corrected chi connectivity index (χ2v) is 8.10. The fourth-order valence-electron chi connectivity index (χ4n) is 4.34. The first-order valence-electron chi connectivity index (χ1n) is 10.2. The van der Waals surface area contributed by atoms with Crippen molar-refractivity contribution < 1.29 is 4.79 Å². The quantitative estimate of drug-likeness (QED) is 0.875. The molecule has 1 aliphatic heterocycles. The van der Waals surface area contributed by atoms with E-state index in [2.05, 4.69) is 20.3 Å². The fourth-order valence-corrected chi connectivity index (χ4v) is 4.34. The second kappa shape index (κ2) is 7.81. The van der Waals surface area contributed by atoms with Gasteiger partial charge in [-0.15, -0.1) is 0 Å². The third-order valence-electron chi connectivity index (χ3n) is 5.66. The Labute approximate surface area is 166 Å². The monoisotopic (exact) mass is 380 g/mol. The summed E-state index contributed by atoms with van der Waals surface area (Å²) in [7, 11) is 0. The van der Waals surface area contributed by atoms with Gasteiger partial charge in [0.1, 0.15) is 11.6 Å². The molecule has 0 bridgehead atoms. The Hall–Kier alpha value is -2.57. The van der Waals surface area contributed by atoms with E-state index in [0.29, 0.717) is 17.7 Å². The van der Waals surface area contributed by atoms with Gasteiger partial charge in [0.05, 0.1) is 0 Å². The van der Waals surface area contributed by atoms with E-state index >= 15 is 0 Å². The zero-order valence-electron chi connectivity index (χ0n) is 16.9. The summed E-state index contributed by atoms with van der Waals surface area (Å²) in [5.41, 5.74) is 2.73. The molecule has 1 amide bonds. The maximum atomic E-state index is 12.7. The Morgan fingerprint density at radius 2 is 1.64 bits per heavy atom. The Bertz CT molecular complexity index is 857. The lowest BCUT2D eigenvalue weighted by Crippen LogP contribution is -2.33. The Morgan fingerprint density at radius 3 is 2.36 bits per heavy atom. The first-order valence-corrected chi connectivity index (χ1v) is 10.2. The normalized spacial score (nSPS) is 20.0. The highest BCUT2D eigenvalue weighted by atomic mass is 16.2. The van der Waals surface area contributed by atoms with E-state index in [1.54, 1.807) is 0 Å². The molecule has 1 saturated heterocycles. The fraction of sp³-hybridized carbons (Fsp3) is 0.571. The first-order chi connectivity index (χ1) is 13.5. The SMILES string of the molecule is Cc1cc(C)nc(Nc2cc(C)nc([C@H]3CCN(C(=O)C4CCCC4)C3)n2)n1. The molecule has 1 saturated carbocycles. The van der Waals surface area contributed by atoms with Crippen LogP contribution in [0, 0.1) is 26.7 Å². The topological polar surface area (TPSA) is 83.9 Å². The van der Waals surface area contributed by atoms with Gasteiger partial charge >= 0.3 is 0 Å². The molecular weight excluding hydrogens is 352 g/mol. The minimum absolute atomic E-state index is 0.186. The van der Waals surface area contributed by atoms with Crippen molar-refractivity contribution in [2.75, 3.05) is 18.4 Å². The van der Waals surface area contributed by atoms with Gasteiger partial charge < -0.3 is 10.2 Å². The van der Waals surface area contributed by atoms with Crippen molar-refractivity contribution in [1.29, 1.82) is 0 Å². The van der Waals surface area contributed by atoms with Gasteiger partial charge in [-0.2, -0.15) is 0 Å². The van der Waals surface area contributed by atoms with Crippen LogP contribution in [0.5, 0.6) is 0 Å².